The summed E-state index contributed by atoms with van der Waals surface area (Å²) in [7, 11) is 0. The summed E-state index contributed by atoms with van der Waals surface area (Å²) in [5.74, 6) is -2.02. The number of carboxylic acid groups (broad SMARTS) is 1. The Morgan fingerprint density at radius 1 is 1.56 bits per heavy atom. The van der Waals surface area contributed by atoms with E-state index < -0.39 is 11.9 Å². The first-order valence-corrected chi connectivity index (χ1v) is 5.63. The minimum absolute atomic E-state index is 0.0392. The fraction of sp³-hybridized carbons (Fsp3) is 0.250. The van der Waals surface area contributed by atoms with E-state index in [1.165, 1.54) is 17.0 Å². The van der Waals surface area contributed by atoms with Crippen LogP contribution in [0, 0.1) is 17.2 Å². The molecule has 0 radical (unpaired) electrons. The van der Waals surface area contributed by atoms with Crippen LogP contribution < -0.4 is 4.90 Å². The number of nitrogens with zero attached hydrogens (tertiary/aromatic N) is 2. The summed E-state index contributed by atoms with van der Waals surface area (Å²) in [6.45, 7) is 0.0861. The molecule has 92 valence electrons. The molecule has 0 aliphatic carbocycles. The Morgan fingerprint density at radius 3 is 2.83 bits per heavy atom. The molecule has 2 rings (SSSR count). The lowest BCUT2D eigenvalue weighted by atomic mass is 10.1. The molecule has 1 saturated heterocycles. The van der Waals surface area contributed by atoms with Crippen molar-refractivity contribution in [3.05, 3.63) is 28.8 Å². The van der Waals surface area contributed by atoms with Crippen molar-refractivity contribution in [2.75, 3.05) is 11.4 Å². The topological polar surface area (TPSA) is 81.4 Å². The SMILES string of the molecule is N#Cc1ccc(Cl)c(N2CC(C(=O)O)CC2=O)c1. The van der Waals surface area contributed by atoms with Gasteiger partial charge in [-0.1, -0.05) is 11.6 Å². The third kappa shape index (κ3) is 2.15. The average molecular weight is 265 g/mol. The summed E-state index contributed by atoms with van der Waals surface area (Å²) < 4.78 is 0. The van der Waals surface area contributed by atoms with E-state index in [1.54, 1.807) is 6.07 Å². The van der Waals surface area contributed by atoms with Crippen molar-refractivity contribution in [1.29, 1.82) is 5.26 Å². The first kappa shape index (κ1) is 12.4. The molecule has 1 heterocycles. The van der Waals surface area contributed by atoms with E-state index >= 15 is 0 Å². The van der Waals surface area contributed by atoms with E-state index in [0.717, 1.165) is 0 Å². The van der Waals surface area contributed by atoms with Gasteiger partial charge in [0.25, 0.3) is 0 Å². The molecule has 18 heavy (non-hydrogen) atoms. The maximum Gasteiger partial charge on any atom is 0.308 e. The van der Waals surface area contributed by atoms with Gasteiger partial charge in [-0.2, -0.15) is 5.26 Å². The minimum atomic E-state index is -1.00. The lowest BCUT2D eigenvalue weighted by Crippen LogP contribution is -2.26. The van der Waals surface area contributed by atoms with Crippen molar-refractivity contribution < 1.29 is 14.7 Å². The number of hydrogen-bond donors (Lipinski definition) is 1. The predicted octanol–water partition coefficient (Wildman–Crippen LogP) is 1.65. The average Bonchev–Trinajstić information content (AvgIpc) is 2.72. The van der Waals surface area contributed by atoms with E-state index in [9.17, 15) is 9.59 Å². The molecule has 0 bridgehead atoms. The predicted molar refractivity (Wildman–Crippen MR) is 64.3 cm³/mol. The molecule has 1 aliphatic heterocycles. The molecule has 5 nitrogen and oxygen atoms in total. The molecule has 1 N–H and O–H groups in total. The smallest absolute Gasteiger partial charge is 0.308 e. The number of halogens is 1. The highest BCUT2D eigenvalue weighted by Gasteiger charge is 2.35. The molecule has 0 aromatic heterocycles. The van der Waals surface area contributed by atoms with E-state index in [4.69, 9.17) is 22.0 Å². The number of amides is 1. The molecule has 6 heteroatoms. The van der Waals surface area contributed by atoms with Crippen LogP contribution >= 0.6 is 11.6 Å². The van der Waals surface area contributed by atoms with E-state index in [0.29, 0.717) is 16.3 Å². The highest BCUT2D eigenvalue weighted by Crippen LogP contribution is 2.32. The van der Waals surface area contributed by atoms with Gasteiger partial charge >= 0.3 is 5.97 Å². The Kier molecular flexibility index (Phi) is 3.21. The summed E-state index contributed by atoms with van der Waals surface area (Å²) in [6, 6.07) is 6.51. The van der Waals surface area contributed by atoms with Crippen molar-refractivity contribution >= 4 is 29.2 Å². The van der Waals surface area contributed by atoms with Crippen LogP contribution in [0.1, 0.15) is 12.0 Å². The standard InChI is InChI=1S/C12H9ClN2O3/c13-9-2-1-7(5-14)3-10(9)15-6-8(12(17)18)4-11(15)16/h1-3,8H,4,6H2,(H,17,18). The van der Waals surface area contributed by atoms with Gasteiger partial charge in [-0.05, 0) is 18.2 Å². The van der Waals surface area contributed by atoms with Crippen LogP contribution in [0.2, 0.25) is 5.02 Å². The Balaban J connectivity index is 2.35. The number of rotatable bonds is 2. The molecule has 1 fully saturated rings. The second-order valence-corrected chi connectivity index (χ2v) is 4.43. The van der Waals surface area contributed by atoms with Crippen molar-refractivity contribution in [1.82, 2.24) is 0 Å². The maximum atomic E-state index is 11.8. The molecule has 1 aromatic rings. The van der Waals surface area contributed by atoms with Gasteiger partial charge in [0.05, 0.1) is 28.3 Å². The summed E-state index contributed by atoms with van der Waals surface area (Å²) in [5.41, 5.74) is 0.769. The molecular weight excluding hydrogens is 256 g/mol. The van der Waals surface area contributed by atoms with Gasteiger partial charge in [0, 0.05) is 13.0 Å². The van der Waals surface area contributed by atoms with E-state index in [-0.39, 0.29) is 18.9 Å². The van der Waals surface area contributed by atoms with Crippen LogP contribution in [-0.4, -0.2) is 23.5 Å². The van der Waals surface area contributed by atoms with Crippen LogP contribution in [0.5, 0.6) is 0 Å². The van der Waals surface area contributed by atoms with Crippen LogP contribution in [-0.2, 0) is 9.59 Å². The maximum absolute atomic E-state index is 11.8. The third-order valence-electron chi connectivity index (χ3n) is 2.84. The lowest BCUT2D eigenvalue weighted by molar-refractivity contribution is -0.141. The Morgan fingerprint density at radius 2 is 2.28 bits per heavy atom. The van der Waals surface area contributed by atoms with Crippen molar-refractivity contribution in [2.45, 2.75) is 6.42 Å². The summed E-state index contributed by atoms with van der Waals surface area (Å²) in [5, 5.41) is 18.0. The normalized spacial score (nSPS) is 18.8. The summed E-state index contributed by atoms with van der Waals surface area (Å²) in [4.78, 5) is 24.0. The number of nitriles is 1. The van der Waals surface area contributed by atoms with Gasteiger partial charge in [-0.25, -0.2) is 0 Å². The van der Waals surface area contributed by atoms with Crippen LogP contribution in [0.3, 0.4) is 0 Å². The van der Waals surface area contributed by atoms with Crippen molar-refractivity contribution in [3.63, 3.8) is 0 Å². The molecule has 1 atom stereocenters. The van der Waals surface area contributed by atoms with Gasteiger partial charge < -0.3 is 10.0 Å². The second kappa shape index (κ2) is 4.67. The molecule has 1 aliphatic rings. The third-order valence-corrected chi connectivity index (χ3v) is 3.16. The van der Waals surface area contributed by atoms with E-state index in [1.807, 2.05) is 6.07 Å². The van der Waals surface area contributed by atoms with Crippen molar-refractivity contribution in [2.24, 2.45) is 5.92 Å². The molecule has 1 amide bonds. The number of aliphatic carboxylic acids is 1. The van der Waals surface area contributed by atoms with Gasteiger partial charge in [0.2, 0.25) is 5.91 Å². The molecule has 1 aromatic carbocycles. The number of benzene rings is 1. The zero-order valence-corrected chi connectivity index (χ0v) is 10.0. The number of anilines is 1. The fourth-order valence-electron chi connectivity index (χ4n) is 1.89. The Hall–Kier alpha value is -2.06. The number of carbonyl (C=O) groups excluding carboxylic acids is 1. The summed E-state index contributed by atoms with van der Waals surface area (Å²) >= 11 is 5.98. The molecule has 1 unspecified atom stereocenters. The molecule has 0 saturated carbocycles. The van der Waals surface area contributed by atoms with E-state index in [2.05, 4.69) is 0 Å². The highest BCUT2D eigenvalue weighted by atomic mass is 35.5. The molecular formula is C12H9ClN2O3. The Labute approximate surface area is 108 Å². The monoisotopic (exact) mass is 264 g/mol. The second-order valence-electron chi connectivity index (χ2n) is 4.02. The van der Waals surface area contributed by atoms with Gasteiger partial charge in [-0.15, -0.1) is 0 Å². The van der Waals surface area contributed by atoms with Crippen LogP contribution in [0.25, 0.3) is 0 Å². The fourth-order valence-corrected chi connectivity index (χ4v) is 2.11. The van der Waals surface area contributed by atoms with Gasteiger partial charge in [0.15, 0.2) is 0 Å². The highest BCUT2D eigenvalue weighted by molar-refractivity contribution is 6.34. The zero-order chi connectivity index (χ0) is 13.3. The summed E-state index contributed by atoms with van der Waals surface area (Å²) in [6.07, 6.45) is -0.0392. The number of hydrogen-bond acceptors (Lipinski definition) is 3. The lowest BCUT2D eigenvalue weighted by Gasteiger charge is -2.17. The largest absolute Gasteiger partial charge is 0.481 e. The van der Waals surface area contributed by atoms with Gasteiger partial charge in [-0.3, -0.25) is 9.59 Å². The zero-order valence-electron chi connectivity index (χ0n) is 9.26. The Bertz CT molecular complexity index is 565. The number of carboxylic acids is 1. The quantitative estimate of drug-likeness (QED) is 0.880. The van der Waals surface area contributed by atoms with Crippen molar-refractivity contribution in [3.8, 4) is 6.07 Å². The first-order valence-electron chi connectivity index (χ1n) is 5.25. The molecule has 0 spiro atoms. The first-order chi connectivity index (χ1) is 8.52. The van der Waals surface area contributed by atoms with Gasteiger partial charge in [0.1, 0.15) is 0 Å². The number of carbonyl (C=O) groups is 2. The van der Waals surface area contributed by atoms with Crippen LogP contribution in [0.15, 0.2) is 18.2 Å². The van der Waals surface area contributed by atoms with Crippen LogP contribution in [0.4, 0.5) is 5.69 Å². The minimum Gasteiger partial charge on any atom is -0.481 e.